The van der Waals surface area contributed by atoms with Gasteiger partial charge in [0.1, 0.15) is 0 Å². The summed E-state index contributed by atoms with van der Waals surface area (Å²) in [5.41, 5.74) is 0.568. The van der Waals surface area contributed by atoms with E-state index in [0.29, 0.717) is 18.8 Å². The highest BCUT2D eigenvalue weighted by Crippen LogP contribution is 2.23. The number of morpholine rings is 1. The molecule has 13 heteroatoms. The van der Waals surface area contributed by atoms with Gasteiger partial charge in [0.15, 0.2) is 9.84 Å². The molecular formula is C20H20N4O7S2. The fraction of sp³-hybridized carbons (Fsp3) is 0.250. The lowest BCUT2D eigenvalue weighted by molar-refractivity contribution is 0.0730. The van der Waals surface area contributed by atoms with Gasteiger partial charge in [-0.25, -0.2) is 16.8 Å². The van der Waals surface area contributed by atoms with E-state index in [4.69, 9.17) is 9.15 Å². The van der Waals surface area contributed by atoms with Crippen LogP contribution in [0, 0.1) is 0 Å². The summed E-state index contributed by atoms with van der Waals surface area (Å²) in [7, 11) is -7.08. The van der Waals surface area contributed by atoms with Gasteiger partial charge in [0, 0.05) is 30.5 Å². The maximum atomic E-state index is 12.7. The number of sulfonamides is 1. The number of anilines is 1. The predicted molar refractivity (Wildman–Crippen MR) is 117 cm³/mol. The highest BCUT2D eigenvalue weighted by atomic mass is 32.2. The largest absolute Gasteiger partial charge is 0.403 e. The molecule has 0 spiro atoms. The minimum atomic E-state index is -3.67. The van der Waals surface area contributed by atoms with Crippen LogP contribution in [0.4, 0.5) is 6.01 Å². The van der Waals surface area contributed by atoms with Crippen molar-refractivity contribution in [1.29, 1.82) is 0 Å². The van der Waals surface area contributed by atoms with Gasteiger partial charge < -0.3 is 9.15 Å². The van der Waals surface area contributed by atoms with Crippen LogP contribution in [-0.2, 0) is 24.6 Å². The van der Waals surface area contributed by atoms with Gasteiger partial charge in [0.25, 0.3) is 5.91 Å². The Balaban J connectivity index is 1.47. The molecule has 33 heavy (non-hydrogen) atoms. The highest BCUT2D eigenvalue weighted by molar-refractivity contribution is 7.90. The van der Waals surface area contributed by atoms with E-state index in [1.807, 2.05) is 0 Å². The topological polar surface area (TPSA) is 149 Å². The number of sulfone groups is 1. The molecule has 0 bridgehead atoms. The van der Waals surface area contributed by atoms with Crippen LogP contribution in [0.25, 0.3) is 11.5 Å². The Morgan fingerprint density at radius 1 is 0.970 bits per heavy atom. The molecule has 1 aliphatic heterocycles. The van der Waals surface area contributed by atoms with Crippen molar-refractivity contribution in [3.05, 3.63) is 54.1 Å². The SMILES string of the molecule is CS(=O)(=O)c1cccc(-c2nnc(NC(=O)c3ccc(S(=O)(=O)N4CCOCC4)cc3)o2)c1. The third-order valence-corrected chi connectivity index (χ3v) is 7.90. The van der Waals surface area contributed by atoms with Crippen LogP contribution < -0.4 is 5.32 Å². The molecule has 1 aromatic heterocycles. The maximum Gasteiger partial charge on any atom is 0.322 e. The van der Waals surface area contributed by atoms with Crippen molar-refractivity contribution in [2.24, 2.45) is 0 Å². The van der Waals surface area contributed by atoms with E-state index in [-0.39, 0.29) is 40.3 Å². The normalized spacial score (nSPS) is 15.3. The first-order valence-electron chi connectivity index (χ1n) is 9.78. The zero-order valence-corrected chi connectivity index (χ0v) is 19.1. The molecule has 0 radical (unpaired) electrons. The van der Waals surface area contributed by atoms with Gasteiger partial charge >= 0.3 is 6.01 Å². The Bertz CT molecular complexity index is 1380. The van der Waals surface area contributed by atoms with E-state index in [9.17, 15) is 21.6 Å². The van der Waals surface area contributed by atoms with Crippen LogP contribution in [-0.4, -0.2) is 69.8 Å². The van der Waals surface area contributed by atoms with E-state index >= 15 is 0 Å². The van der Waals surface area contributed by atoms with Crippen molar-refractivity contribution >= 4 is 31.8 Å². The van der Waals surface area contributed by atoms with E-state index < -0.39 is 25.8 Å². The number of nitrogens with zero attached hydrogens (tertiary/aromatic N) is 3. The lowest BCUT2D eigenvalue weighted by Crippen LogP contribution is -2.40. The summed E-state index contributed by atoms with van der Waals surface area (Å²) in [6.45, 7) is 1.23. The third-order valence-electron chi connectivity index (χ3n) is 4.88. The molecule has 2 heterocycles. The fourth-order valence-corrected chi connectivity index (χ4v) is 5.21. The molecule has 4 rings (SSSR count). The van der Waals surface area contributed by atoms with Gasteiger partial charge in [0.2, 0.25) is 15.9 Å². The van der Waals surface area contributed by atoms with Crippen LogP contribution in [0.3, 0.4) is 0 Å². The molecule has 3 aromatic rings. The zero-order valence-electron chi connectivity index (χ0n) is 17.5. The Morgan fingerprint density at radius 2 is 1.67 bits per heavy atom. The Kier molecular flexibility index (Phi) is 6.30. The van der Waals surface area contributed by atoms with Crippen LogP contribution in [0.2, 0.25) is 0 Å². The first-order valence-corrected chi connectivity index (χ1v) is 13.1. The second-order valence-electron chi connectivity index (χ2n) is 7.21. The lowest BCUT2D eigenvalue weighted by atomic mass is 10.2. The number of hydrogen-bond donors (Lipinski definition) is 1. The van der Waals surface area contributed by atoms with Gasteiger partial charge in [0.05, 0.1) is 23.0 Å². The number of carbonyl (C=O) groups excluding carboxylic acids is 1. The fourth-order valence-electron chi connectivity index (χ4n) is 3.13. The Labute approximate surface area is 190 Å². The molecular weight excluding hydrogens is 472 g/mol. The van der Waals surface area contributed by atoms with Gasteiger partial charge in [-0.05, 0) is 42.5 Å². The number of amides is 1. The number of benzene rings is 2. The van der Waals surface area contributed by atoms with Crippen molar-refractivity contribution in [2.45, 2.75) is 9.79 Å². The molecule has 0 atom stereocenters. The summed E-state index contributed by atoms with van der Waals surface area (Å²) in [6.07, 6.45) is 1.09. The summed E-state index contributed by atoms with van der Waals surface area (Å²) in [5.74, 6) is -0.548. The second kappa shape index (κ2) is 9.02. The first-order chi connectivity index (χ1) is 15.6. The summed E-state index contributed by atoms with van der Waals surface area (Å²) in [4.78, 5) is 12.7. The van der Waals surface area contributed by atoms with Gasteiger partial charge in [-0.2, -0.15) is 4.31 Å². The summed E-state index contributed by atoms with van der Waals surface area (Å²) in [6, 6.07) is 11.3. The first kappa shape index (κ1) is 23.0. The number of aromatic nitrogens is 2. The van der Waals surface area contributed by atoms with Crippen LogP contribution >= 0.6 is 0 Å². The van der Waals surface area contributed by atoms with E-state index in [2.05, 4.69) is 15.5 Å². The molecule has 1 N–H and O–H groups in total. The van der Waals surface area contributed by atoms with E-state index in [1.54, 1.807) is 12.1 Å². The molecule has 0 saturated carbocycles. The molecule has 11 nitrogen and oxygen atoms in total. The molecule has 174 valence electrons. The Hall–Kier alpha value is -3.13. The standard InChI is InChI=1S/C20H20N4O7S2/c1-32(26,27)17-4-2-3-15(13-17)19-22-23-20(31-19)21-18(25)14-5-7-16(8-6-14)33(28,29)24-9-11-30-12-10-24/h2-8,13H,9-12H2,1H3,(H,21,23,25). The summed E-state index contributed by atoms with van der Waals surface area (Å²) in [5, 5.41) is 10.0. The summed E-state index contributed by atoms with van der Waals surface area (Å²) < 4.78 is 60.8. The molecule has 2 aromatic carbocycles. The van der Waals surface area contributed by atoms with Crippen molar-refractivity contribution in [3.8, 4) is 11.5 Å². The van der Waals surface area contributed by atoms with Crippen LogP contribution in [0.1, 0.15) is 10.4 Å². The molecule has 0 aliphatic carbocycles. The molecule has 1 fully saturated rings. The average Bonchev–Trinajstić information content (AvgIpc) is 3.28. The number of carbonyl (C=O) groups is 1. The van der Waals surface area contributed by atoms with Crippen molar-refractivity contribution in [2.75, 3.05) is 37.9 Å². The second-order valence-corrected chi connectivity index (χ2v) is 11.2. The lowest BCUT2D eigenvalue weighted by Gasteiger charge is -2.26. The summed E-state index contributed by atoms with van der Waals surface area (Å²) >= 11 is 0. The van der Waals surface area contributed by atoms with Gasteiger partial charge in [-0.3, -0.25) is 10.1 Å². The number of hydrogen-bond acceptors (Lipinski definition) is 9. The maximum absolute atomic E-state index is 12.7. The number of nitrogens with one attached hydrogen (secondary N) is 1. The van der Waals surface area contributed by atoms with E-state index in [0.717, 1.165) is 6.26 Å². The van der Waals surface area contributed by atoms with Gasteiger partial charge in [-0.1, -0.05) is 11.2 Å². The molecule has 1 saturated heterocycles. The monoisotopic (exact) mass is 492 g/mol. The smallest absolute Gasteiger partial charge is 0.322 e. The van der Waals surface area contributed by atoms with Gasteiger partial charge in [-0.15, -0.1) is 5.10 Å². The van der Waals surface area contributed by atoms with Crippen molar-refractivity contribution in [1.82, 2.24) is 14.5 Å². The molecule has 0 unspecified atom stereocenters. The average molecular weight is 493 g/mol. The zero-order chi connectivity index (χ0) is 23.6. The number of ether oxygens (including phenoxy) is 1. The quantitative estimate of drug-likeness (QED) is 0.539. The number of rotatable bonds is 6. The molecule has 1 amide bonds. The van der Waals surface area contributed by atoms with Crippen molar-refractivity contribution < 1.29 is 30.8 Å². The minimum Gasteiger partial charge on any atom is -0.403 e. The Morgan fingerprint density at radius 3 is 2.33 bits per heavy atom. The highest BCUT2D eigenvalue weighted by Gasteiger charge is 2.26. The van der Waals surface area contributed by atoms with E-state index in [1.165, 1.54) is 40.7 Å². The van der Waals surface area contributed by atoms with Crippen LogP contribution in [0.15, 0.2) is 62.7 Å². The van der Waals surface area contributed by atoms with Crippen LogP contribution in [0.5, 0.6) is 0 Å². The molecule has 1 aliphatic rings. The minimum absolute atomic E-state index is 0.0303. The van der Waals surface area contributed by atoms with Crippen molar-refractivity contribution in [3.63, 3.8) is 0 Å². The predicted octanol–water partition coefficient (Wildman–Crippen LogP) is 1.41. The third kappa shape index (κ3) is 5.11.